The normalized spacial score (nSPS) is 13.5. The largest absolute Gasteiger partial charge is 0.454 e. The minimum Gasteiger partial charge on any atom is -0.454 e. The molecular formula is C23H25NO4. The first-order valence-electron chi connectivity index (χ1n) is 9.65. The quantitative estimate of drug-likeness (QED) is 0.591. The van der Waals surface area contributed by atoms with Gasteiger partial charge in [0.1, 0.15) is 0 Å². The van der Waals surface area contributed by atoms with Crippen molar-refractivity contribution in [3.05, 3.63) is 70.3 Å². The fourth-order valence-corrected chi connectivity index (χ4v) is 3.47. The third kappa shape index (κ3) is 4.66. The molecule has 0 aliphatic heterocycles. The van der Waals surface area contributed by atoms with Crippen LogP contribution in [-0.4, -0.2) is 30.3 Å². The van der Waals surface area contributed by atoms with Gasteiger partial charge in [-0.25, -0.2) is 0 Å². The number of esters is 1. The number of ether oxygens (including phenoxy) is 1. The van der Waals surface area contributed by atoms with Crippen molar-refractivity contribution < 1.29 is 19.1 Å². The van der Waals surface area contributed by atoms with Gasteiger partial charge in [-0.15, -0.1) is 0 Å². The standard InChI is InChI=1S/C23H25NO4/c1-15-6-3-4-9-20(15)23(27)24-13-12-21(25)28-16(2)22(26)19-11-10-17-7-5-8-18(17)14-19/h3-4,6,9-11,14,16H,5,7-8,12-13H2,1-2H3,(H,24,27). The summed E-state index contributed by atoms with van der Waals surface area (Å²) in [4.78, 5) is 36.7. The number of hydrogen-bond acceptors (Lipinski definition) is 4. The lowest BCUT2D eigenvalue weighted by atomic mass is 10.0. The zero-order chi connectivity index (χ0) is 20.1. The van der Waals surface area contributed by atoms with Gasteiger partial charge in [0, 0.05) is 17.7 Å². The van der Waals surface area contributed by atoms with E-state index in [1.807, 2.05) is 31.2 Å². The second-order valence-electron chi connectivity index (χ2n) is 7.15. The van der Waals surface area contributed by atoms with Gasteiger partial charge in [-0.2, -0.15) is 0 Å². The predicted molar refractivity (Wildman–Crippen MR) is 106 cm³/mol. The lowest BCUT2D eigenvalue weighted by Crippen LogP contribution is -2.29. The number of fused-ring (bicyclic) bond motifs is 1. The molecule has 0 aromatic heterocycles. The maximum Gasteiger partial charge on any atom is 0.308 e. The second kappa shape index (κ2) is 8.83. The Morgan fingerprint density at radius 3 is 2.61 bits per heavy atom. The highest BCUT2D eigenvalue weighted by Gasteiger charge is 2.21. The summed E-state index contributed by atoms with van der Waals surface area (Å²) < 4.78 is 5.26. The van der Waals surface area contributed by atoms with Gasteiger partial charge < -0.3 is 10.1 Å². The molecule has 5 nitrogen and oxygen atoms in total. The molecular weight excluding hydrogens is 354 g/mol. The number of Topliss-reactive ketones (excluding diaryl/α,β-unsaturated/α-hetero) is 1. The summed E-state index contributed by atoms with van der Waals surface area (Å²) in [5.41, 5.74) is 4.54. The molecule has 1 N–H and O–H groups in total. The molecule has 146 valence electrons. The molecule has 1 aliphatic carbocycles. The summed E-state index contributed by atoms with van der Waals surface area (Å²) in [5.74, 6) is -0.938. The van der Waals surface area contributed by atoms with Crippen LogP contribution in [0.3, 0.4) is 0 Å². The van der Waals surface area contributed by atoms with Crippen LogP contribution in [0.4, 0.5) is 0 Å². The molecule has 1 amide bonds. The smallest absolute Gasteiger partial charge is 0.308 e. The lowest BCUT2D eigenvalue weighted by Gasteiger charge is -2.13. The fourth-order valence-electron chi connectivity index (χ4n) is 3.47. The third-order valence-corrected chi connectivity index (χ3v) is 5.06. The van der Waals surface area contributed by atoms with Crippen molar-refractivity contribution in [3.8, 4) is 0 Å². The van der Waals surface area contributed by atoms with Crippen LogP contribution in [0.15, 0.2) is 42.5 Å². The van der Waals surface area contributed by atoms with E-state index in [1.165, 1.54) is 11.1 Å². The Hall–Kier alpha value is -2.95. The SMILES string of the molecule is Cc1ccccc1C(=O)NCCC(=O)OC(C)C(=O)c1ccc2c(c1)CCC2. The van der Waals surface area contributed by atoms with E-state index in [0.717, 1.165) is 24.8 Å². The van der Waals surface area contributed by atoms with Crippen molar-refractivity contribution in [2.45, 2.75) is 45.6 Å². The highest BCUT2D eigenvalue weighted by Crippen LogP contribution is 2.23. The summed E-state index contributed by atoms with van der Waals surface area (Å²) >= 11 is 0. The van der Waals surface area contributed by atoms with Crippen molar-refractivity contribution in [3.63, 3.8) is 0 Å². The van der Waals surface area contributed by atoms with Crippen LogP contribution in [0.2, 0.25) is 0 Å². The summed E-state index contributed by atoms with van der Waals surface area (Å²) in [7, 11) is 0. The van der Waals surface area contributed by atoms with E-state index in [4.69, 9.17) is 4.74 Å². The number of amides is 1. The first-order chi connectivity index (χ1) is 13.5. The maximum absolute atomic E-state index is 12.5. The molecule has 2 aromatic rings. The number of carbonyl (C=O) groups excluding carboxylic acids is 3. The Morgan fingerprint density at radius 2 is 1.82 bits per heavy atom. The lowest BCUT2D eigenvalue weighted by molar-refractivity contribution is -0.146. The fraction of sp³-hybridized carbons (Fsp3) is 0.348. The zero-order valence-corrected chi connectivity index (χ0v) is 16.3. The molecule has 2 aromatic carbocycles. The molecule has 1 unspecified atom stereocenters. The molecule has 0 saturated heterocycles. The van der Waals surface area contributed by atoms with E-state index in [-0.39, 0.29) is 24.7 Å². The van der Waals surface area contributed by atoms with Crippen LogP contribution < -0.4 is 5.32 Å². The van der Waals surface area contributed by atoms with Crippen LogP contribution in [0.25, 0.3) is 0 Å². The van der Waals surface area contributed by atoms with E-state index in [9.17, 15) is 14.4 Å². The molecule has 0 radical (unpaired) electrons. The molecule has 0 saturated carbocycles. The van der Waals surface area contributed by atoms with E-state index in [1.54, 1.807) is 25.1 Å². The Bertz CT molecular complexity index is 903. The molecule has 5 heteroatoms. The molecule has 28 heavy (non-hydrogen) atoms. The molecule has 0 fully saturated rings. The Balaban J connectivity index is 1.47. The minimum atomic E-state index is -0.848. The van der Waals surface area contributed by atoms with Crippen molar-refractivity contribution in [1.29, 1.82) is 0 Å². The topological polar surface area (TPSA) is 72.5 Å². The molecule has 0 spiro atoms. The van der Waals surface area contributed by atoms with Crippen LogP contribution in [0, 0.1) is 6.92 Å². The first kappa shape index (κ1) is 19.8. The molecule has 1 aliphatic rings. The number of hydrogen-bond donors (Lipinski definition) is 1. The Labute approximate surface area is 165 Å². The van der Waals surface area contributed by atoms with E-state index in [0.29, 0.717) is 11.1 Å². The first-order valence-corrected chi connectivity index (χ1v) is 9.65. The van der Waals surface area contributed by atoms with Gasteiger partial charge in [0.15, 0.2) is 6.10 Å². The van der Waals surface area contributed by atoms with Gasteiger partial charge in [0.25, 0.3) is 5.91 Å². The van der Waals surface area contributed by atoms with E-state index < -0.39 is 12.1 Å². The van der Waals surface area contributed by atoms with E-state index in [2.05, 4.69) is 5.32 Å². The third-order valence-electron chi connectivity index (χ3n) is 5.06. The highest BCUT2D eigenvalue weighted by molar-refractivity contribution is 6.00. The predicted octanol–water partition coefficient (Wildman–Crippen LogP) is 3.42. The van der Waals surface area contributed by atoms with Crippen LogP contribution in [-0.2, 0) is 22.4 Å². The zero-order valence-electron chi connectivity index (χ0n) is 16.3. The summed E-state index contributed by atoms with van der Waals surface area (Å²) in [6, 6.07) is 13.0. The Kier molecular flexibility index (Phi) is 6.24. The number of aryl methyl sites for hydroxylation is 3. The monoisotopic (exact) mass is 379 g/mol. The van der Waals surface area contributed by atoms with Crippen LogP contribution in [0.1, 0.15) is 57.2 Å². The summed E-state index contributed by atoms with van der Waals surface area (Å²) in [6.07, 6.45) is 2.33. The van der Waals surface area contributed by atoms with Crippen molar-refractivity contribution in [2.24, 2.45) is 0 Å². The van der Waals surface area contributed by atoms with Gasteiger partial charge in [-0.1, -0.05) is 30.3 Å². The number of carbonyl (C=O) groups is 3. The maximum atomic E-state index is 12.5. The molecule has 0 heterocycles. The van der Waals surface area contributed by atoms with Crippen molar-refractivity contribution in [2.75, 3.05) is 6.54 Å². The highest BCUT2D eigenvalue weighted by atomic mass is 16.5. The van der Waals surface area contributed by atoms with Crippen molar-refractivity contribution >= 4 is 17.7 Å². The van der Waals surface area contributed by atoms with Gasteiger partial charge in [-0.3, -0.25) is 14.4 Å². The molecule has 3 rings (SSSR count). The van der Waals surface area contributed by atoms with Crippen LogP contribution >= 0.6 is 0 Å². The Morgan fingerprint density at radius 1 is 1.07 bits per heavy atom. The van der Waals surface area contributed by atoms with Gasteiger partial charge in [0.05, 0.1) is 6.42 Å². The summed E-state index contributed by atoms with van der Waals surface area (Å²) in [6.45, 7) is 3.60. The summed E-state index contributed by atoms with van der Waals surface area (Å²) in [5, 5.41) is 2.71. The van der Waals surface area contributed by atoms with Gasteiger partial charge >= 0.3 is 5.97 Å². The van der Waals surface area contributed by atoms with Crippen LogP contribution in [0.5, 0.6) is 0 Å². The van der Waals surface area contributed by atoms with Crippen molar-refractivity contribution in [1.82, 2.24) is 5.32 Å². The average Bonchev–Trinajstić information content (AvgIpc) is 3.15. The number of ketones is 1. The number of nitrogens with one attached hydrogen (secondary N) is 1. The molecule has 1 atom stereocenters. The second-order valence-corrected chi connectivity index (χ2v) is 7.15. The number of benzene rings is 2. The molecule has 0 bridgehead atoms. The number of rotatable bonds is 7. The average molecular weight is 379 g/mol. The van der Waals surface area contributed by atoms with Gasteiger partial charge in [0.2, 0.25) is 5.78 Å². The minimum absolute atomic E-state index is 0.0133. The van der Waals surface area contributed by atoms with E-state index >= 15 is 0 Å². The van der Waals surface area contributed by atoms with Gasteiger partial charge in [-0.05, 0) is 61.9 Å².